The molecule has 0 aliphatic heterocycles. The van der Waals surface area contributed by atoms with Gasteiger partial charge in [-0.25, -0.2) is 0 Å². The maximum absolute atomic E-state index is 10.2. The SMILES string of the molecule is C=CCC(OCc1cccc(OCC)c1)C(O)C(O)C(O)C(O)CO. The normalized spacial score (nSPS) is 17.4. The zero-order valence-electron chi connectivity index (χ0n) is 14.4. The lowest BCUT2D eigenvalue weighted by Crippen LogP contribution is -2.50. The van der Waals surface area contributed by atoms with Crippen molar-refractivity contribution in [3.63, 3.8) is 0 Å². The zero-order valence-corrected chi connectivity index (χ0v) is 14.4. The van der Waals surface area contributed by atoms with E-state index in [4.69, 9.17) is 14.6 Å². The van der Waals surface area contributed by atoms with Gasteiger partial charge in [-0.3, -0.25) is 0 Å². The fourth-order valence-electron chi connectivity index (χ4n) is 2.32. The van der Waals surface area contributed by atoms with E-state index in [9.17, 15) is 20.4 Å². The van der Waals surface area contributed by atoms with Gasteiger partial charge in [-0.1, -0.05) is 18.2 Å². The van der Waals surface area contributed by atoms with E-state index in [-0.39, 0.29) is 13.0 Å². The number of ether oxygens (including phenoxy) is 2. The van der Waals surface area contributed by atoms with Crippen molar-refractivity contribution < 1.29 is 35.0 Å². The van der Waals surface area contributed by atoms with Crippen LogP contribution < -0.4 is 4.74 Å². The van der Waals surface area contributed by atoms with Crippen LogP contribution in [0, 0.1) is 0 Å². The molecule has 5 unspecified atom stereocenters. The lowest BCUT2D eigenvalue weighted by molar-refractivity contribution is -0.152. The molecule has 5 atom stereocenters. The highest BCUT2D eigenvalue weighted by atomic mass is 16.5. The van der Waals surface area contributed by atoms with Crippen LogP contribution in [0.5, 0.6) is 5.75 Å². The molecule has 0 aliphatic rings. The summed E-state index contributed by atoms with van der Waals surface area (Å²) >= 11 is 0. The van der Waals surface area contributed by atoms with Crippen molar-refractivity contribution >= 4 is 0 Å². The summed E-state index contributed by atoms with van der Waals surface area (Å²) < 4.78 is 11.1. The Morgan fingerprint density at radius 3 is 2.44 bits per heavy atom. The van der Waals surface area contributed by atoms with Gasteiger partial charge in [-0.15, -0.1) is 6.58 Å². The number of aliphatic hydroxyl groups excluding tert-OH is 5. The summed E-state index contributed by atoms with van der Waals surface area (Å²) in [5.41, 5.74) is 0.817. The Labute approximate surface area is 147 Å². The van der Waals surface area contributed by atoms with Crippen molar-refractivity contribution in [1.29, 1.82) is 0 Å². The minimum Gasteiger partial charge on any atom is -0.494 e. The predicted molar refractivity (Wildman–Crippen MR) is 92.1 cm³/mol. The molecule has 0 aromatic heterocycles. The Morgan fingerprint density at radius 1 is 1.12 bits per heavy atom. The van der Waals surface area contributed by atoms with Gasteiger partial charge in [0.15, 0.2) is 0 Å². The molecule has 1 rings (SSSR count). The van der Waals surface area contributed by atoms with Gasteiger partial charge in [0.05, 0.1) is 25.9 Å². The first-order valence-corrected chi connectivity index (χ1v) is 8.21. The van der Waals surface area contributed by atoms with E-state index in [2.05, 4.69) is 6.58 Å². The minimum atomic E-state index is -1.70. The quantitative estimate of drug-likeness (QED) is 0.334. The van der Waals surface area contributed by atoms with Crippen molar-refractivity contribution in [2.75, 3.05) is 13.2 Å². The molecule has 0 saturated carbocycles. The molecular weight excluding hydrogens is 328 g/mol. The Morgan fingerprint density at radius 2 is 1.84 bits per heavy atom. The van der Waals surface area contributed by atoms with Crippen LogP contribution in [0.4, 0.5) is 0 Å². The average molecular weight is 356 g/mol. The lowest BCUT2D eigenvalue weighted by atomic mass is 9.97. The molecule has 1 aromatic rings. The highest BCUT2D eigenvalue weighted by Gasteiger charge is 2.34. The van der Waals surface area contributed by atoms with Crippen LogP contribution >= 0.6 is 0 Å². The van der Waals surface area contributed by atoms with Crippen molar-refractivity contribution in [2.24, 2.45) is 0 Å². The number of hydrogen-bond donors (Lipinski definition) is 5. The maximum atomic E-state index is 10.2. The monoisotopic (exact) mass is 356 g/mol. The molecule has 0 fully saturated rings. The van der Waals surface area contributed by atoms with E-state index in [0.29, 0.717) is 12.4 Å². The van der Waals surface area contributed by atoms with E-state index in [1.54, 1.807) is 0 Å². The Balaban J connectivity index is 2.72. The van der Waals surface area contributed by atoms with Crippen LogP contribution in [0.1, 0.15) is 18.9 Å². The molecule has 142 valence electrons. The maximum Gasteiger partial charge on any atom is 0.119 e. The number of benzene rings is 1. The molecule has 0 saturated heterocycles. The molecule has 25 heavy (non-hydrogen) atoms. The van der Waals surface area contributed by atoms with Crippen LogP contribution in [-0.4, -0.2) is 69.3 Å². The molecule has 0 amide bonds. The number of hydrogen-bond acceptors (Lipinski definition) is 7. The van der Waals surface area contributed by atoms with E-state index in [1.807, 2.05) is 31.2 Å². The Hall–Kier alpha value is -1.48. The van der Waals surface area contributed by atoms with Gasteiger partial charge in [-0.2, -0.15) is 0 Å². The summed E-state index contributed by atoms with van der Waals surface area (Å²) in [6.07, 6.45) is -5.50. The second-order valence-corrected chi connectivity index (χ2v) is 5.68. The van der Waals surface area contributed by atoms with Gasteiger partial charge in [0, 0.05) is 0 Å². The molecule has 0 bridgehead atoms. The van der Waals surface area contributed by atoms with Crippen LogP contribution in [0.3, 0.4) is 0 Å². The summed E-state index contributed by atoms with van der Waals surface area (Å²) in [5, 5.41) is 48.2. The summed E-state index contributed by atoms with van der Waals surface area (Å²) in [7, 11) is 0. The summed E-state index contributed by atoms with van der Waals surface area (Å²) in [6.45, 7) is 5.43. The summed E-state index contributed by atoms with van der Waals surface area (Å²) in [5.74, 6) is 0.700. The zero-order chi connectivity index (χ0) is 18.8. The van der Waals surface area contributed by atoms with Gasteiger partial charge >= 0.3 is 0 Å². The molecule has 0 spiro atoms. The first kappa shape index (κ1) is 21.6. The third-order valence-electron chi connectivity index (χ3n) is 3.73. The van der Waals surface area contributed by atoms with Gasteiger partial charge < -0.3 is 35.0 Å². The third-order valence-corrected chi connectivity index (χ3v) is 3.73. The highest BCUT2D eigenvalue weighted by Crippen LogP contribution is 2.18. The molecule has 7 heteroatoms. The second kappa shape index (κ2) is 11.2. The topological polar surface area (TPSA) is 120 Å². The fourth-order valence-corrected chi connectivity index (χ4v) is 2.32. The smallest absolute Gasteiger partial charge is 0.119 e. The highest BCUT2D eigenvalue weighted by molar-refractivity contribution is 5.28. The summed E-state index contributed by atoms with van der Waals surface area (Å²) in [6, 6.07) is 7.28. The molecule has 0 radical (unpaired) electrons. The molecule has 0 aliphatic carbocycles. The Kier molecular flexibility index (Phi) is 9.66. The van der Waals surface area contributed by atoms with Crippen LogP contribution in [-0.2, 0) is 11.3 Å². The van der Waals surface area contributed by atoms with Crippen molar-refractivity contribution in [3.05, 3.63) is 42.5 Å². The van der Waals surface area contributed by atoms with Gasteiger partial charge in [-0.05, 0) is 31.0 Å². The third kappa shape index (κ3) is 6.74. The van der Waals surface area contributed by atoms with Gasteiger partial charge in [0.25, 0.3) is 0 Å². The van der Waals surface area contributed by atoms with Crippen molar-refractivity contribution in [1.82, 2.24) is 0 Å². The molecule has 0 heterocycles. The predicted octanol–water partition coefficient (Wildman–Crippen LogP) is -0.0175. The van der Waals surface area contributed by atoms with Crippen LogP contribution in [0.2, 0.25) is 0 Å². The van der Waals surface area contributed by atoms with E-state index < -0.39 is 37.1 Å². The number of rotatable bonds is 12. The standard InChI is InChI=1S/C18H28O7/c1-3-6-15(17(22)18(23)16(21)14(20)10-19)25-11-12-7-5-8-13(9-12)24-4-2/h3,5,7-9,14-23H,1,4,6,10-11H2,2H3. The number of aliphatic hydroxyl groups is 5. The fraction of sp³-hybridized carbons (Fsp3) is 0.556. The minimum absolute atomic E-state index is 0.155. The second-order valence-electron chi connectivity index (χ2n) is 5.68. The first-order chi connectivity index (χ1) is 11.9. The largest absolute Gasteiger partial charge is 0.494 e. The summed E-state index contributed by atoms with van der Waals surface area (Å²) in [4.78, 5) is 0. The van der Waals surface area contributed by atoms with E-state index in [0.717, 1.165) is 5.56 Å². The molecule has 7 nitrogen and oxygen atoms in total. The van der Waals surface area contributed by atoms with Crippen molar-refractivity contribution in [2.45, 2.75) is 50.5 Å². The molecular formula is C18H28O7. The molecule has 1 aromatic carbocycles. The van der Waals surface area contributed by atoms with Crippen LogP contribution in [0.15, 0.2) is 36.9 Å². The van der Waals surface area contributed by atoms with E-state index >= 15 is 0 Å². The van der Waals surface area contributed by atoms with Crippen molar-refractivity contribution in [3.8, 4) is 5.75 Å². The molecule has 5 N–H and O–H groups in total. The Bertz CT molecular complexity index is 508. The first-order valence-electron chi connectivity index (χ1n) is 8.21. The van der Waals surface area contributed by atoms with Crippen LogP contribution in [0.25, 0.3) is 0 Å². The van der Waals surface area contributed by atoms with Gasteiger partial charge in [0.2, 0.25) is 0 Å². The van der Waals surface area contributed by atoms with E-state index in [1.165, 1.54) is 6.08 Å². The van der Waals surface area contributed by atoms with Gasteiger partial charge in [0.1, 0.15) is 30.2 Å². The average Bonchev–Trinajstić information content (AvgIpc) is 2.63. The lowest BCUT2D eigenvalue weighted by Gasteiger charge is -2.30.